The van der Waals surface area contributed by atoms with E-state index < -0.39 is 0 Å². The van der Waals surface area contributed by atoms with Crippen LogP contribution in [-0.4, -0.2) is 31.7 Å². The molecule has 2 aliphatic rings. The van der Waals surface area contributed by atoms with E-state index in [-0.39, 0.29) is 17.6 Å². The van der Waals surface area contributed by atoms with E-state index in [0.29, 0.717) is 18.8 Å². The van der Waals surface area contributed by atoms with Crippen molar-refractivity contribution >= 4 is 5.78 Å². The Balaban J connectivity index is 1.91. The molecule has 0 aliphatic heterocycles. The molecule has 0 aromatic rings. The molecule has 0 N–H and O–H groups in total. The summed E-state index contributed by atoms with van der Waals surface area (Å²) >= 11 is 0. The lowest BCUT2D eigenvalue weighted by Gasteiger charge is -2.45. The van der Waals surface area contributed by atoms with Crippen LogP contribution in [0.2, 0.25) is 0 Å². The van der Waals surface area contributed by atoms with Gasteiger partial charge in [-0.1, -0.05) is 12.8 Å². The maximum absolute atomic E-state index is 11.7. The molecule has 2 rings (SSSR count). The molecule has 3 heteroatoms. The molecule has 2 unspecified atom stereocenters. The molecule has 3 nitrogen and oxygen atoms in total. The Morgan fingerprint density at radius 3 is 2.67 bits per heavy atom. The molecule has 0 saturated heterocycles. The number of carbonyl (C=O) groups excluding carboxylic acids is 1. The number of methoxy groups -OCH3 is 1. The van der Waals surface area contributed by atoms with Crippen LogP contribution in [0.4, 0.5) is 0 Å². The highest BCUT2D eigenvalue weighted by molar-refractivity contribution is 5.92. The largest absolute Gasteiger partial charge is 0.382 e. The van der Waals surface area contributed by atoms with Crippen LogP contribution >= 0.6 is 0 Å². The molecule has 2 aliphatic carbocycles. The van der Waals surface area contributed by atoms with Crippen molar-refractivity contribution in [3.05, 3.63) is 0 Å². The summed E-state index contributed by atoms with van der Waals surface area (Å²) < 4.78 is 10.9. The lowest BCUT2D eigenvalue weighted by atomic mass is 9.63. The maximum atomic E-state index is 11.7. The summed E-state index contributed by atoms with van der Waals surface area (Å²) in [6, 6.07) is 0. The molecule has 0 bridgehead atoms. The predicted octanol–water partition coefficient (Wildman–Crippen LogP) is 1.94. The standard InChI is InChI=1S/C12H20O3/c1-9(8-14-2)15-11-7-10(13)12(11)5-3-4-6-12/h9,11H,3-8H2,1-2H3. The lowest BCUT2D eigenvalue weighted by Crippen LogP contribution is -2.54. The summed E-state index contributed by atoms with van der Waals surface area (Å²) in [5, 5.41) is 0. The van der Waals surface area contributed by atoms with Crippen LogP contribution in [0, 0.1) is 5.41 Å². The summed E-state index contributed by atoms with van der Waals surface area (Å²) in [7, 11) is 1.68. The van der Waals surface area contributed by atoms with Crippen molar-refractivity contribution in [3.63, 3.8) is 0 Å². The van der Waals surface area contributed by atoms with E-state index in [2.05, 4.69) is 0 Å². The van der Waals surface area contributed by atoms with Gasteiger partial charge >= 0.3 is 0 Å². The Morgan fingerprint density at radius 1 is 1.47 bits per heavy atom. The zero-order valence-corrected chi connectivity index (χ0v) is 9.62. The van der Waals surface area contributed by atoms with E-state index in [1.807, 2.05) is 6.92 Å². The van der Waals surface area contributed by atoms with Crippen LogP contribution in [0.15, 0.2) is 0 Å². The second kappa shape index (κ2) is 4.22. The van der Waals surface area contributed by atoms with Crippen LogP contribution in [0.3, 0.4) is 0 Å². The monoisotopic (exact) mass is 212 g/mol. The van der Waals surface area contributed by atoms with E-state index in [0.717, 1.165) is 12.8 Å². The Hall–Kier alpha value is -0.410. The second-order valence-electron chi connectivity index (χ2n) is 4.88. The Bertz CT molecular complexity index is 243. The van der Waals surface area contributed by atoms with E-state index in [4.69, 9.17) is 9.47 Å². The fourth-order valence-corrected chi connectivity index (χ4v) is 2.95. The molecule has 15 heavy (non-hydrogen) atoms. The van der Waals surface area contributed by atoms with Crippen molar-refractivity contribution in [3.8, 4) is 0 Å². The smallest absolute Gasteiger partial charge is 0.144 e. The zero-order valence-electron chi connectivity index (χ0n) is 9.62. The predicted molar refractivity (Wildman–Crippen MR) is 56.7 cm³/mol. The zero-order chi connectivity index (χ0) is 10.9. The van der Waals surface area contributed by atoms with Gasteiger partial charge in [0.15, 0.2) is 0 Å². The minimum absolute atomic E-state index is 0.0952. The van der Waals surface area contributed by atoms with Gasteiger partial charge in [-0.2, -0.15) is 0 Å². The number of hydrogen-bond donors (Lipinski definition) is 0. The van der Waals surface area contributed by atoms with Gasteiger partial charge in [0.1, 0.15) is 5.78 Å². The Morgan fingerprint density at radius 2 is 2.13 bits per heavy atom. The van der Waals surface area contributed by atoms with Crippen molar-refractivity contribution < 1.29 is 14.3 Å². The van der Waals surface area contributed by atoms with Crippen molar-refractivity contribution in [2.75, 3.05) is 13.7 Å². The number of carbonyl (C=O) groups is 1. The van der Waals surface area contributed by atoms with E-state index in [9.17, 15) is 4.79 Å². The van der Waals surface area contributed by atoms with Gasteiger partial charge in [-0.05, 0) is 19.8 Å². The molecule has 2 atom stereocenters. The lowest BCUT2D eigenvalue weighted by molar-refractivity contribution is -0.173. The fourth-order valence-electron chi connectivity index (χ4n) is 2.95. The van der Waals surface area contributed by atoms with Crippen LogP contribution in [0.25, 0.3) is 0 Å². The highest BCUT2D eigenvalue weighted by Crippen LogP contribution is 2.52. The normalized spacial score (nSPS) is 30.5. The molecule has 0 amide bonds. The SMILES string of the molecule is COCC(C)OC1CC(=O)C12CCCC2. The highest BCUT2D eigenvalue weighted by Gasteiger charge is 2.56. The summed E-state index contributed by atoms with van der Waals surface area (Å²) in [6.07, 6.45) is 5.33. The van der Waals surface area contributed by atoms with Crippen LogP contribution in [0.5, 0.6) is 0 Å². The van der Waals surface area contributed by atoms with Gasteiger partial charge in [0.05, 0.1) is 24.2 Å². The summed E-state index contributed by atoms with van der Waals surface area (Å²) in [5.74, 6) is 0.426. The van der Waals surface area contributed by atoms with Crippen LogP contribution in [0.1, 0.15) is 39.0 Å². The third-order valence-corrected chi connectivity index (χ3v) is 3.84. The molecule has 86 valence electrons. The van der Waals surface area contributed by atoms with Gasteiger partial charge in [-0.25, -0.2) is 0 Å². The van der Waals surface area contributed by atoms with Crippen LogP contribution in [-0.2, 0) is 14.3 Å². The molecule has 2 fully saturated rings. The van der Waals surface area contributed by atoms with Gasteiger partial charge in [0.2, 0.25) is 0 Å². The summed E-state index contributed by atoms with van der Waals surface area (Å²) in [4.78, 5) is 11.7. The first-order chi connectivity index (χ1) is 7.19. The van der Waals surface area contributed by atoms with E-state index in [1.165, 1.54) is 12.8 Å². The Kier molecular flexibility index (Phi) is 3.12. The van der Waals surface area contributed by atoms with Crippen LogP contribution < -0.4 is 0 Å². The minimum atomic E-state index is -0.0952. The van der Waals surface area contributed by atoms with Gasteiger partial charge in [-0.15, -0.1) is 0 Å². The van der Waals surface area contributed by atoms with E-state index in [1.54, 1.807) is 7.11 Å². The van der Waals surface area contributed by atoms with Crippen molar-refractivity contribution in [1.29, 1.82) is 0 Å². The van der Waals surface area contributed by atoms with E-state index >= 15 is 0 Å². The van der Waals surface area contributed by atoms with Crippen molar-refractivity contribution in [2.24, 2.45) is 5.41 Å². The maximum Gasteiger partial charge on any atom is 0.144 e. The summed E-state index contributed by atoms with van der Waals surface area (Å²) in [5.41, 5.74) is -0.0952. The second-order valence-corrected chi connectivity index (χ2v) is 4.88. The number of Topliss-reactive ketones (excluding diaryl/α,β-unsaturated/α-hetero) is 1. The van der Waals surface area contributed by atoms with Gasteiger partial charge in [0.25, 0.3) is 0 Å². The fraction of sp³-hybridized carbons (Fsp3) is 0.917. The first kappa shape index (κ1) is 11.1. The third kappa shape index (κ3) is 1.83. The number of ether oxygens (including phenoxy) is 2. The molecule has 0 radical (unpaired) electrons. The quantitative estimate of drug-likeness (QED) is 0.714. The number of ketones is 1. The average Bonchev–Trinajstić information content (AvgIpc) is 2.69. The first-order valence-corrected chi connectivity index (χ1v) is 5.87. The topological polar surface area (TPSA) is 35.5 Å². The first-order valence-electron chi connectivity index (χ1n) is 5.87. The minimum Gasteiger partial charge on any atom is -0.382 e. The molecular formula is C12H20O3. The van der Waals surface area contributed by atoms with Gasteiger partial charge in [-0.3, -0.25) is 4.79 Å². The number of hydrogen-bond acceptors (Lipinski definition) is 3. The molecule has 2 saturated carbocycles. The van der Waals surface area contributed by atoms with Crippen molar-refractivity contribution in [2.45, 2.75) is 51.2 Å². The van der Waals surface area contributed by atoms with Gasteiger partial charge < -0.3 is 9.47 Å². The summed E-state index contributed by atoms with van der Waals surface area (Å²) in [6.45, 7) is 2.62. The average molecular weight is 212 g/mol. The highest BCUT2D eigenvalue weighted by atomic mass is 16.5. The molecule has 0 heterocycles. The molecule has 0 aromatic carbocycles. The Labute approximate surface area is 91.1 Å². The molecule has 0 aromatic heterocycles. The van der Waals surface area contributed by atoms with Gasteiger partial charge in [0, 0.05) is 13.5 Å². The third-order valence-electron chi connectivity index (χ3n) is 3.84. The number of rotatable bonds is 4. The molecule has 1 spiro atoms. The molecular weight excluding hydrogens is 192 g/mol. The van der Waals surface area contributed by atoms with Crippen molar-refractivity contribution in [1.82, 2.24) is 0 Å².